The highest BCUT2D eigenvalue weighted by molar-refractivity contribution is 6.59. The lowest BCUT2D eigenvalue weighted by atomic mass is 9.77. The Morgan fingerprint density at radius 1 is 1.24 bits per heavy atom. The molecule has 6 heteroatoms. The fourth-order valence-corrected chi connectivity index (χ4v) is 1.99. The predicted molar refractivity (Wildman–Crippen MR) is 76.5 cm³/mol. The summed E-state index contributed by atoms with van der Waals surface area (Å²) in [5.74, 6) is 0.0438. The van der Waals surface area contributed by atoms with Crippen LogP contribution in [0.3, 0.4) is 0 Å². The average Bonchev–Trinajstić information content (AvgIpc) is 2.44. The van der Waals surface area contributed by atoms with E-state index in [0.29, 0.717) is 22.3 Å². The van der Waals surface area contributed by atoms with Gasteiger partial charge < -0.3 is 14.8 Å². The maximum Gasteiger partial charge on any atom is 0.488 e. The summed E-state index contributed by atoms with van der Waals surface area (Å²) in [6.07, 6.45) is 0. The molecule has 0 heterocycles. The number of benzene rings is 2. The van der Waals surface area contributed by atoms with Crippen molar-refractivity contribution in [3.05, 3.63) is 58.9 Å². The fourth-order valence-electron chi connectivity index (χ4n) is 1.99. The first-order valence-corrected chi connectivity index (χ1v) is 6.28. The Balaban J connectivity index is 2.12. The van der Waals surface area contributed by atoms with E-state index in [0.717, 1.165) is 6.07 Å². The van der Waals surface area contributed by atoms with Gasteiger partial charge in [0.25, 0.3) is 0 Å². The summed E-state index contributed by atoms with van der Waals surface area (Å²) < 4.78 is 18.8. The van der Waals surface area contributed by atoms with Crippen LogP contribution in [0.25, 0.3) is 0 Å². The van der Waals surface area contributed by atoms with Crippen molar-refractivity contribution in [3.63, 3.8) is 0 Å². The van der Waals surface area contributed by atoms with Crippen molar-refractivity contribution in [2.75, 3.05) is 0 Å². The van der Waals surface area contributed by atoms with Crippen LogP contribution in [0.4, 0.5) is 4.39 Å². The molecule has 4 nitrogen and oxygen atoms in total. The van der Waals surface area contributed by atoms with Gasteiger partial charge in [-0.25, -0.2) is 4.39 Å². The molecule has 0 saturated carbocycles. The van der Waals surface area contributed by atoms with Crippen LogP contribution in [0, 0.1) is 24.1 Å². The summed E-state index contributed by atoms with van der Waals surface area (Å²) in [6, 6.07) is 10.7. The zero-order valence-electron chi connectivity index (χ0n) is 11.4. The topological polar surface area (TPSA) is 73.5 Å². The molecule has 0 bridgehead atoms. The Labute approximate surface area is 122 Å². The molecule has 0 aliphatic carbocycles. The number of rotatable bonds is 4. The molecule has 2 aromatic carbocycles. The minimum Gasteiger partial charge on any atom is -0.489 e. The molecule has 0 saturated heterocycles. The molecule has 0 atom stereocenters. The monoisotopic (exact) mass is 285 g/mol. The van der Waals surface area contributed by atoms with Gasteiger partial charge in [0, 0.05) is 0 Å². The lowest BCUT2D eigenvalue weighted by Crippen LogP contribution is -2.31. The van der Waals surface area contributed by atoms with E-state index in [1.54, 1.807) is 31.2 Å². The van der Waals surface area contributed by atoms with Gasteiger partial charge in [0.15, 0.2) is 0 Å². The van der Waals surface area contributed by atoms with Crippen LogP contribution in [0.1, 0.15) is 16.7 Å². The second-order valence-corrected chi connectivity index (χ2v) is 4.64. The molecule has 0 aliphatic rings. The lowest BCUT2D eigenvalue weighted by Gasteiger charge is -2.10. The van der Waals surface area contributed by atoms with E-state index in [1.807, 2.05) is 6.07 Å². The van der Waals surface area contributed by atoms with E-state index >= 15 is 0 Å². The Hall–Kier alpha value is -2.36. The maximum absolute atomic E-state index is 13.3. The largest absolute Gasteiger partial charge is 0.489 e. The third kappa shape index (κ3) is 3.82. The van der Waals surface area contributed by atoms with Crippen LogP contribution in [0.5, 0.6) is 5.75 Å². The Bertz CT molecular complexity index is 698. The molecule has 0 aromatic heterocycles. The standard InChI is InChI=1S/C15H13BFNO3/c1-10-4-14(2-3-15(10)16(19)20)21-9-12-5-11(8-18)6-13(17)7-12/h2-7,19-20H,9H2,1H3. The summed E-state index contributed by atoms with van der Waals surface area (Å²) >= 11 is 0. The summed E-state index contributed by atoms with van der Waals surface area (Å²) in [4.78, 5) is 0. The molecule has 106 valence electrons. The number of halogens is 1. The number of ether oxygens (including phenoxy) is 1. The molecule has 2 rings (SSSR count). The highest BCUT2D eigenvalue weighted by Crippen LogP contribution is 2.15. The number of hydrogen-bond acceptors (Lipinski definition) is 4. The number of nitrogens with zero attached hydrogens (tertiary/aromatic N) is 1. The highest BCUT2D eigenvalue weighted by atomic mass is 19.1. The van der Waals surface area contributed by atoms with Gasteiger partial charge in [-0.2, -0.15) is 5.26 Å². The van der Waals surface area contributed by atoms with Gasteiger partial charge in [-0.3, -0.25) is 0 Å². The van der Waals surface area contributed by atoms with Gasteiger partial charge in [-0.05, 0) is 53.8 Å². The molecular weight excluding hydrogens is 272 g/mol. The summed E-state index contributed by atoms with van der Waals surface area (Å²) in [6.45, 7) is 1.85. The fraction of sp³-hybridized carbons (Fsp3) is 0.133. The zero-order chi connectivity index (χ0) is 15.4. The van der Waals surface area contributed by atoms with Crippen molar-refractivity contribution >= 4 is 12.6 Å². The van der Waals surface area contributed by atoms with Crippen molar-refractivity contribution in [1.29, 1.82) is 5.26 Å². The molecule has 21 heavy (non-hydrogen) atoms. The lowest BCUT2D eigenvalue weighted by molar-refractivity contribution is 0.305. The molecule has 0 radical (unpaired) electrons. The second kappa shape index (κ2) is 6.40. The third-order valence-electron chi connectivity index (χ3n) is 3.01. The van der Waals surface area contributed by atoms with E-state index in [2.05, 4.69) is 0 Å². The number of nitriles is 1. The first kappa shape index (κ1) is 15.0. The molecule has 0 fully saturated rings. The van der Waals surface area contributed by atoms with Crippen molar-refractivity contribution in [1.82, 2.24) is 0 Å². The Kier molecular flexibility index (Phi) is 4.58. The van der Waals surface area contributed by atoms with Crippen LogP contribution in [-0.4, -0.2) is 17.2 Å². The minimum absolute atomic E-state index is 0.118. The van der Waals surface area contributed by atoms with Crippen LogP contribution in [-0.2, 0) is 6.61 Å². The molecule has 0 unspecified atom stereocenters. The van der Waals surface area contributed by atoms with Crippen molar-refractivity contribution in [2.24, 2.45) is 0 Å². The van der Waals surface area contributed by atoms with E-state index in [1.165, 1.54) is 6.07 Å². The van der Waals surface area contributed by atoms with E-state index in [4.69, 9.17) is 20.0 Å². The van der Waals surface area contributed by atoms with Crippen molar-refractivity contribution in [2.45, 2.75) is 13.5 Å². The number of hydrogen-bond donors (Lipinski definition) is 2. The molecule has 0 spiro atoms. The molecule has 0 aliphatic heterocycles. The molecule has 0 amide bonds. The summed E-state index contributed by atoms with van der Waals surface area (Å²) in [5, 5.41) is 27.1. The van der Waals surface area contributed by atoms with Gasteiger partial charge >= 0.3 is 7.12 Å². The van der Waals surface area contributed by atoms with Crippen LogP contribution >= 0.6 is 0 Å². The van der Waals surface area contributed by atoms with Crippen LogP contribution in [0.15, 0.2) is 36.4 Å². The predicted octanol–water partition coefficient (Wildman–Crippen LogP) is 1.26. The maximum atomic E-state index is 13.3. The Morgan fingerprint density at radius 2 is 2.00 bits per heavy atom. The minimum atomic E-state index is -1.53. The number of aryl methyl sites for hydroxylation is 1. The summed E-state index contributed by atoms with van der Waals surface area (Å²) in [7, 11) is -1.53. The van der Waals surface area contributed by atoms with Crippen molar-refractivity contribution < 1.29 is 19.2 Å². The highest BCUT2D eigenvalue weighted by Gasteiger charge is 2.14. The second-order valence-electron chi connectivity index (χ2n) is 4.64. The molecule has 2 N–H and O–H groups in total. The average molecular weight is 285 g/mol. The van der Waals surface area contributed by atoms with Crippen LogP contribution < -0.4 is 10.2 Å². The van der Waals surface area contributed by atoms with E-state index in [9.17, 15) is 4.39 Å². The first-order chi connectivity index (χ1) is 9.99. The molecular formula is C15H13BFNO3. The smallest absolute Gasteiger partial charge is 0.488 e. The van der Waals surface area contributed by atoms with Crippen LogP contribution in [0.2, 0.25) is 0 Å². The van der Waals surface area contributed by atoms with Gasteiger partial charge in [-0.15, -0.1) is 0 Å². The van der Waals surface area contributed by atoms with Gasteiger partial charge in [0.05, 0.1) is 11.6 Å². The molecule has 2 aromatic rings. The van der Waals surface area contributed by atoms with Gasteiger partial charge in [-0.1, -0.05) is 6.07 Å². The van der Waals surface area contributed by atoms with Crippen molar-refractivity contribution in [3.8, 4) is 11.8 Å². The first-order valence-electron chi connectivity index (χ1n) is 6.28. The third-order valence-corrected chi connectivity index (χ3v) is 3.01. The van der Waals surface area contributed by atoms with Gasteiger partial charge in [0.2, 0.25) is 0 Å². The Morgan fingerprint density at radius 3 is 2.62 bits per heavy atom. The van der Waals surface area contributed by atoms with Gasteiger partial charge in [0.1, 0.15) is 18.2 Å². The SMILES string of the molecule is Cc1cc(OCc2cc(F)cc(C#N)c2)ccc1B(O)O. The normalized spacial score (nSPS) is 10.0. The van der Waals surface area contributed by atoms with E-state index in [-0.39, 0.29) is 12.2 Å². The zero-order valence-corrected chi connectivity index (χ0v) is 11.4. The quantitative estimate of drug-likeness (QED) is 0.829. The summed E-state index contributed by atoms with van der Waals surface area (Å²) in [5.41, 5.74) is 1.87. The van der Waals surface area contributed by atoms with E-state index < -0.39 is 12.9 Å².